The summed E-state index contributed by atoms with van der Waals surface area (Å²) in [7, 11) is 0. The Kier molecular flexibility index (Phi) is 10.4. The molecule has 1 aliphatic heterocycles. The second-order valence-electron chi connectivity index (χ2n) is 7.23. The van der Waals surface area contributed by atoms with Crippen LogP contribution in [0.25, 0.3) is 0 Å². The van der Waals surface area contributed by atoms with Gasteiger partial charge in [-0.15, -0.1) is 12.4 Å². The molecule has 0 unspecified atom stereocenters. The molecule has 0 aromatic heterocycles. The number of halogens is 3. The third kappa shape index (κ3) is 7.27. The normalized spacial score (nSPS) is 13.3. The summed E-state index contributed by atoms with van der Waals surface area (Å²) in [6.07, 6.45) is 2.55. The lowest BCUT2D eigenvalue weighted by atomic mass is 10.2. The van der Waals surface area contributed by atoms with Crippen molar-refractivity contribution in [1.29, 1.82) is 0 Å². The molecular weight excluding hydrogens is 442 g/mol. The summed E-state index contributed by atoms with van der Waals surface area (Å²) in [4.78, 5) is 13.6. The first kappa shape index (κ1) is 25.2. The fraction of sp³-hybridized carbons (Fsp3) is 0.435. The maximum Gasteiger partial charge on any atom is 0.222 e. The topological polar surface area (TPSA) is 50.8 Å². The fourth-order valence-electron chi connectivity index (χ4n) is 3.46. The van der Waals surface area contributed by atoms with E-state index in [4.69, 9.17) is 21.1 Å². The number of nitrogens with zero attached hydrogens (tertiary/aromatic N) is 1. The van der Waals surface area contributed by atoms with Crippen LogP contribution in [0.1, 0.15) is 37.3 Å². The highest BCUT2D eigenvalue weighted by Gasteiger charge is 2.19. The standard InChI is InChI=1S/C23H28ClFN2O3.ClH/c1-2-29-21-14-17(15-26-10-6-12-27-11-5-9-22(27)28)13-19(24)23(21)30-16-18-7-3-4-8-20(18)25;/h3-4,7-8,13-14,26H,2,5-6,9-12,15-16H2,1H3;1H. The van der Waals surface area contributed by atoms with Gasteiger partial charge in [0.05, 0.1) is 11.6 Å². The molecule has 3 rings (SSSR count). The summed E-state index contributed by atoms with van der Waals surface area (Å²) in [5, 5.41) is 3.81. The van der Waals surface area contributed by atoms with Crippen LogP contribution in [0, 0.1) is 5.82 Å². The van der Waals surface area contributed by atoms with E-state index in [-0.39, 0.29) is 30.7 Å². The van der Waals surface area contributed by atoms with Crippen LogP contribution in [0.5, 0.6) is 11.5 Å². The van der Waals surface area contributed by atoms with Gasteiger partial charge >= 0.3 is 0 Å². The first-order valence-electron chi connectivity index (χ1n) is 10.4. The predicted molar refractivity (Wildman–Crippen MR) is 123 cm³/mol. The van der Waals surface area contributed by atoms with E-state index in [2.05, 4.69) is 5.32 Å². The maximum atomic E-state index is 13.9. The van der Waals surface area contributed by atoms with Crippen LogP contribution < -0.4 is 14.8 Å². The van der Waals surface area contributed by atoms with Crippen molar-refractivity contribution >= 4 is 29.9 Å². The number of carbonyl (C=O) groups is 1. The molecule has 1 saturated heterocycles. The van der Waals surface area contributed by atoms with Crippen LogP contribution in [0.15, 0.2) is 36.4 Å². The molecule has 1 amide bonds. The molecule has 0 radical (unpaired) electrons. The smallest absolute Gasteiger partial charge is 0.222 e. The van der Waals surface area contributed by atoms with Crippen LogP contribution >= 0.6 is 24.0 Å². The van der Waals surface area contributed by atoms with Crippen LogP contribution in [0.4, 0.5) is 4.39 Å². The van der Waals surface area contributed by atoms with E-state index < -0.39 is 0 Å². The van der Waals surface area contributed by atoms with Gasteiger partial charge in [-0.25, -0.2) is 4.39 Å². The summed E-state index contributed by atoms with van der Waals surface area (Å²) in [5.74, 6) is 0.899. The lowest BCUT2D eigenvalue weighted by molar-refractivity contribution is -0.127. The van der Waals surface area contributed by atoms with Crippen molar-refractivity contribution in [1.82, 2.24) is 10.2 Å². The largest absolute Gasteiger partial charge is 0.490 e. The van der Waals surface area contributed by atoms with Crippen LogP contribution in [-0.2, 0) is 17.9 Å². The number of benzene rings is 2. The van der Waals surface area contributed by atoms with Gasteiger partial charge in [0, 0.05) is 31.6 Å². The van der Waals surface area contributed by atoms with Gasteiger partial charge in [0.15, 0.2) is 11.5 Å². The quantitative estimate of drug-likeness (QED) is 0.470. The van der Waals surface area contributed by atoms with E-state index in [9.17, 15) is 9.18 Å². The second-order valence-corrected chi connectivity index (χ2v) is 7.64. The average molecular weight is 471 g/mol. The average Bonchev–Trinajstić information content (AvgIpc) is 3.13. The Morgan fingerprint density at radius 1 is 1.23 bits per heavy atom. The summed E-state index contributed by atoms with van der Waals surface area (Å²) in [5.41, 5.74) is 1.43. The zero-order chi connectivity index (χ0) is 21.3. The molecule has 1 fully saturated rings. The molecule has 1 N–H and O–H groups in total. The molecule has 0 bridgehead atoms. The van der Waals surface area contributed by atoms with Gasteiger partial charge < -0.3 is 19.7 Å². The molecule has 1 heterocycles. The molecule has 0 aliphatic carbocycles. The highest BCUT2D eigenvalue weighted by atomic mass is 35.5. The third-order valence-electron chi connectivity index (χ3n) is 4.98. The van der Waals surface area contributed by atoms with Crippen molar-refractivity contribution in [3.05, 3.63) is 58.4 Å². The van der Waals surface area contributed by atoms with Gasteiger partial charge in [-0.3, -0.25) is 4.79 Å². The monoisotopic (exact) mass is 470 g/mol. The second kappa shape index (κ2) is 12.7. The zero-order valence-corrected chi connectivity index (χ0v) is 19.2. The number of ether oxygens (including phenoxy) is 2. The Morgan fingerprint density at radius 3 is 2.74 bits per heavy atom. The van der Waals surface area contributed by atoms with E-state index >= 15 is 0 Å². The van der Waals surface area contributed by atoms with Gasteiger partial charge in [0.2, 0.25) is 5.91 Å². The summed E-state index contributed by atoms with van der Waals surface area (Å²) >= 11 is 6.45. The Hall–Kier alpha value is -2.02. The van der Waals surface area contributed by atoms with E-state index in [1.807, 2.05) is 24.0 Å². The summed E-state index contributed by atoms with van der Waals surface area (Å²) < 4.78 is 25.4. The fourth-order valence-corrected chi connectivity index (χ4v) is 3.75. The van der Waals surface area contributed by atoms with Crippen LogP contribution in [-0.4, -0.2) is 37.0 Å². The zero-order valence-electron chi connectivity index (χ0n) is 17.7. The summed E-state index contributed by atoms with van der Waals surface area (Å²) in [6.45, 7) is 5.52. The van der Waals surface area contributed by atoms with Crippen molar-refractivity contribution < 1.29 is 18.7 Å². The van der Waals surface area contributed by atoms with Crippen LogP contribution in [0.2, 0.25) is 5.02 Å². The molecule has 0 atom stereocenters. The van der Waals surface area contributed by atoms with Gasteiger partial charge in [-0.05, 0) is 50.1 Å². The molecule has 1 aliphatic rings. The molecule has 31 heavy (non-hydrogen) atoms. The van der Waals surface area contributed by atoms with Crippen LogP contribution in [0.3, 0.4) is 0 Å². The molecule has 0 spiro atoms. The SMILES string of the molecule is CCOc1cc(CNCCCN2CCCC2=O)cc(Cl)c1OCc1ccccc1F.Cl. The number of rotatable bonds is 11. The van der Waals surface area contributed by atoms with Gasteiger partial charge in [-0.2, -0.15) is 0 Å². The molecule has 2 aromatic carbocycles. The highest BCUT2D eigenvalue weighted by molar-refractivity contribution is 6.32. The Labute approximate surface area is 194 Å². The highest BCUT2D eigenvalue weighted by Crippen LogP contribution is 2.37. The first-order valence-corrected chi connectivity index (χ1v) is 10.8. The van der Waals surface area contributed by atoms with Gasteiger partial charge in [0.1, 0.15) is 12.4 Å². The number of hydrogen-bond acceptors (Lipinski definition) is 4. The van der Waals surface area contributed by atoms with E-state index in [0.29, 0.717) is 41.7 Å². The minimum atomic E-state index is -0.317. The lowest BCUT2D eigenvalue weighted by Crippen LogP contribution is -2.28. The molecule has 5 nitrogen and oxygen atoms in total. The lowest BCUT2D eigenvalue weighted by Gasteiger charge is -2.17. The first-order chi connectivity index (χ1) is 14.6. The molecule has 170 valence electrons. The number of amides is 1. The molecular formula is C23H29Cl2FN2O3. The van der Waals surface area contributed by atoms with Crippen molar-refractivity contribution in [2.45, 2.75) is 39.3 Å². The maximum absolute atomic E-state index is 13.9. The van der Waals surface area contributed by atoms with Crippen molar-refractivity contribution in [3.63, 3.8) is 0 Å². The van der Waals surface area contributed by atoms with E-state index in [1.165, 1.54) is 6.07 Å². The number of carbonyl (C=O) groups excluding carboxylic acids is 1. The summed E-state index contributed by atoms with van der Waals surface area (Å²) in [6, 6.07) is 10.2. The van der Waals surface area contributed by atoms with Crippen molar-refractivity contribution in [2.24, 2.45) is 0 Å². The van der Waals surface area contributed by atoms with Crippen molar-refractivity contribution in [3.8, 4) is 11.5 Å². The number of hydrogen-bond donors (Lipinski definition) is 1. The minimum Gasteiger partial charge on any atom is -0.490 e. The third-order valence-corrected chi connectivity index (χ3v) is 5.26. The predicted octanol–water partition coefficient (Wildman–Crippen LogP) is 4.98. The Bertz CT molecular complexity index is 867. The van der Waals surface area contributed by atoms with Gasteiger partial charge in [-0.1, -0.05) is 29.8 Å². The molecule has 2 aromatic rings. The Morgan fingerprint density at radius 2 is 2.03 bits per heavy atom. The minimum absolute atomic E-state index is 0. The van der Waals surface area contributed by atoms with E-state index in [0.717, 1.165) is 38.0 Å². The number of nitrogens with one attached hydrogen (secondary N) is 1. The molecule has 0 saturated carbocycles. The Balaban J connectivity index is 0.00000341. The van der Waals surface area contributed by atoms with Crippen molar-refractivity contribution in [2.75, 3.05) is 26.2 Å². The van der Waals surface area contributed by atoms with E-state index in [1.54, 1.807) is 18.2 Å². The molecule has 8 heteroatoms. The van der Waals surface area contributed by atoms with Gasteiger partial charge in [0.25, 0.3) is 0 Å². The number of likely N-dealkylation sites (tertiary alicyclic amines) is 1.